The molecule has 2 aromatic rings. The zero-order valence-electron chi connectivity index (χ0n) is 12.0. The number of benzene rings is 2. The number of nitro benzene ring substituents is 3. The Hall–Kier alpha value is -3.69. The van der Waals surface area contributed by atoms with Crippen LogP contribution in [0.25, 0.3) is 11.1 Å². The van der Waals surface area contributed by atoms with E-state index in [0.717, 1.165) is 18.2 Å². The SMILES string of the molecule is Cc1cc2c(cc1[N+](=O)[O-])C(=O)c1cc([N+](=O)[O-])cc([N+](=O)[O-])c1-2. The highest BCUT2D eigenvalue weighted by atomic mass is 16.6. The molecule has 0 amide bonds. The number of aryl methyl sites for hydroxylation is 1. The molecule has 0 bridgehead atoms. The van der Waals surface area contributed by atoms with Crippen molar-refractivity contribution in [3.63, 3.8) is 0 Å². The molecular weight excluding hydrogens is 322 g/mol. The van der Waals surface area contributed by atoms with Crippen LogP contribution in [0.2, 0.25) is 0 Å². The number of carbonyl (C=O) groups excluding carboxylic acids is 1. The molecule has 0 spiro atoms. The second kappa shape index (κ2) is 4.91. The van der Waals surface area contributed by atoms with Crippen molar-refractivity contribution in [2.45, 2.75) is 6.92 Å². The molecule has 10 heteroatoms. The van der Waals surface area contributed by atoms with Crippen molar-refractivity contribution in [1.29, 1.82) is 0 Å². The molecule has 0 heterocycles. The average Bonchev–Trinajstić information content (AvgIpc) is 2.77. The summed E-state index contributed by atoms with van der Waals surface area (Å²) in [6, 6.07) is 4.09. The molecule has 0 aromatic heterocycles. The first-order valence-electron chi connectivity index (χ1n) is 6.53. The molecule has 1 aliphatic carbocycles. The van der Waals surface area contributed by atoms with E-state index in [2.05, 4.69) is 0 Å². The van der Waals surface area contributed by atoms with Crippen molar-refractivity contribution in [2.75, 3.05) is 0 Å². The van der Waals surface area contributed by atoms with Gasteiger partial charge in [0.2, 0.25) is 0 Å². The normalized spacial score (nSPS) is 11.8. The molecule has 0 saturated carbocycles. The molecule has 3 rings (SSSR count). The molecule has 0 radical (unpaired) electrons. The highest BCUT2D eigenvalue weighted by Gasteiger charge is 2.37. The third kappa shape index (κ3) is 2.00. The van der Waals surface area contributed by atoms with E-state index in [4.69, 9.17) is 0 Å². The summed E-state index contributed by atoms with van der Waals surface area (Å²) in [6.45, 7) is 1.44. The van der Waals surface area contributed by atoms with E-state index < -0.39 is 31.9 Å². The van der Waals surface area contributed by atoms with Crippen molar-refractivity contribution < 1.29 is 19.6 Å². The summed E-state index contributed by atoms with van der Waals surface area (Å²) in [5.74, 6) is -0.713. The lowest BCUT2D eigenvalue weighted by Crippen LogP contribution is -2.00. The van der Waals surface area contributed by atoms with Crippen molar-refractivity contribution in [3.05, 3.63) is 71.3 Å². The van der Waals surface area contributed by atoms with Crippen molar-refractivity contribution in [1.82, 2.24) is 0 Å². The van der Waals surface area contributed by atoms with Gasteiger partial charge in [-0.15, -0.1) is 0 Å². The highest BCUT2D eigenvalue weighted by molar-refractivity contribution is 6.23. The maximum absolute atomic E-state index is 12.5. The highest BCUT2D eigenvalue weighted by Crippen LogP contribution is 2.46. The minimum absolute atomic E-state index is 0.0522. The van der Waals surface area contributed by atoms with Crippen LogP contribution in [0.15, 0.2) is 24.3 Å². The van der Waals surface area contributed by atoms with Gasteiger partial charge in [-0.05, 0) is 13.0 Å². The first-order chi connectivity index (χ1) is 11.2. The molecule has 1 aliphatic rings. The second-order valence-electron chi connectivity index (χ2n) is 5.17. The molecule has 24 heavy (non-hydrogen) atoms. The summed E-state index contributed by atoms with van der Waals surface area (Å²) in [5.41, 5.74) is -1.41. The topological polar surface area (TPSA) is 146 Å². The molecule has 0 unspecified atom stereocenters. The maximum atomic E-state index is 12.5. The summed E-state index contributed by atoms with van der Waals surface area (Å²) in [6.07, 6.45) is 0. The smallest absolute Gasteiger partial charge is 0.284 e. The van der Waals surface area contributed by atoms with Gasteiger partial charge in [0.25, 0.3) is 17.1 Å². The van der Waals surface area contributed by atoms with Crippen LogP contribution < -0.4 is 0 Å². The summed E-state index contributed by atoms with van der Waals surface area (Å²) >= 11 is 0. The van der Waals surface area contributed by atoms with E-state index in [0.29, 0.717) is 0 Å². The van der Waals surface area contributed by atoms with E-state index >= 15 is 0 Å². The lowest BCUT2D eigenvalue weighted by Gasteiger charge is -2.04. The fourth-order valence-electron chi connectivity index (χ4n) is 2.76. The van der Waals surface area contributed by atoms with Crippen molar-refractivity contribution in [2.24, 2.45) is 0 Å². The fourth-order valence-corrected chi connectivity index (χ4v) is 2.76. The molecule has 2 aromatic carbocycles. The first kappa shape index (κ1) is 15.2. The van der Waals surface area contributed by atoms with Crippen LogP contribution in [0.1, 0.15) is 21.5 Å². The van der Waals surface area contributed by atoms with Gasteiger partial charge in [0, 0.05) is 34.4 Å². The average molecular weight is 329 g/mol. The third-order valence-corrected chi connectivity index (χ3v) is 3.80. The predicted molar refractivity (Wildman–Crippen MR) is 80.0 cm³/mol. The van der Waals surface area contributed by atoms with Crippen LogP contribution in [-0.4, -0.2) is 20.6 Å². The van der Waals surface area contributed by atoms with Crippen LogP contribution in [0.3, 0.4) is 0 Å². The van der Waals surface area contributed by atoms with Crippen LogP contribution in [0.5, 0.6) is 0 Å². The number of hydrogen-bond acceptors (Lipinski definition) is 7. The van der Waals surface area contributed by atoms with Crippen LogP contribution in [-0.2, 0) is 0 Å². The Morgan fingerprint density at radius 2 is 1.38 bits per heavy atom. The Morgan fingerprint density at radius 1 is 0.750 bits per heavy atom. The molecule has 0 N–H and O–H groups in total. The van der Waals surface area contributed by atoms with Crippen molar-refractivity contribution >= 4 is 22.8 Å². The number of hydrogen-bond donors (Lipinski definition) is 0. The van der Waals surface area contributed by atoms with Gasteiger partial charge in [-0.1, -0.05) is 0 Å². The number of nitrogens with zero attached hydrogens (tertiary/aromatic N) is 3. The summed E-state index contributed by atoms with van der Waals surface area (Å²) < 4.78 is 0. The molecule has 0 atom stereocenters. The van der Waals surface area contributed by atoms with Gasteiger partial charge < -0.3 is 0 Å². The zero-order valence-corrected chi connectivity index (χ0v) is 12.0. The Labute approximate surface area is 132 Å². The third-order valence-electron chi connectivity index (χ3n) is 3.80. The molecular formula is C14H7N3O7. The zero-order chi connectivity index (χ0) is 17.8. The largest absolute Gasteiger partial charge is 0.289 e. The molecule has 120 valence electrons. The van der Waals surface area contributed by atoms with Gasteiger partial charge in [-0.2, -0.15) is 0 Å². The lowest BCUT2D eigenvalue weighted by molar-refractivity contribution is -0.393. The van der Waals surface area contributed by atoms with E-state index in [-0.39, 0.29) is 33.5 Å². The number of rotatable bonds is 3. The number of carbonyl (C=O) groups is 1. The van der Waals surface area contributed by atoms with E-state index in [1.54, 1.807) is 0 Å². The Balaban J connectivity index is 2.39. The van der Waals surface area contributed by atoms with E-state index in [1.165, 1.54) is 13.0 Å². The van der Waals surface area contributed by atoms with E-state index in [1.807, 2.05) is 0 Å². The summed E-state index contributed by atoms with van der Waals surface area (Å²) in [4.78, 5) is 43.4. The second-order valence-corrected chi connectivity index (χ2v) is 5.17. The first-order valence-corrected chi connectivity index (χ1v) is 6.53. The van der Waals surface area contributed by atoms with Crippen LogP contribution in [0.4, 0.5) is 17.1 Å². The van der Waals surface area contributed by atoms with E-state index in [9.17, 15) is 35.1 Å². The van der Waals surface area contributed by atoms with Crippen LogP contribution in [0, 0.1) is 37.3 Å². The Morgan fingerprint density at radius 3 is 1.92 bits per heavy atom. The Kier molecular flexibility index (Phi) is 3.11. The number of fused-ring (bicyclic) bond motifs is 3. The van der Waals surface area contributed by atoms with Gasteiger partial charge >= 0.3 is 0 Å². The number of non-ortho nitro benzene ring substituents is 1. The predicted octanol–water partition coefficient (Wildman–Crippen LogP) is 2.93. The monoisotopic (exact) mass is 329 g/mol. The van der Waals surface area contributed by atoms with Gasteiger partial charge in [0.05, 0.1) is 26.4 Å². The molecule has 0 fully saturated rings. The minimum Gasteiger partial charge on any atom is -0.289 e. The quantitative estimate of drug-likeness (QED) is 0.530. The maximum Gasteiger partial charge on any atom is 0.284 e. The van der Waals surface area contributed by atoms with Gasteiger partial charge in [0.1, 0.15) is 0 Å². The molecule has 10 nitrogen and oxygen atoms in total. The van der Waals surface area contributed by atoms with Gasteiger partial charge in [-0.25, -0.2) is 0 Å². The van der Waals surface area contributed by atoms with Crippen molar-refractivity contribution in [3.8, 4) is 11.1 Å². The van der Waals surface area contributed by atoms with Gasteiger partial charge in [-0.3, -0.25) is 35.1 Å². The molecule has 0 saturated heterocycles. The Bertz CT molecular complexity index is 981. The number of ketones is 1. The number of nitro groups is 3. The molecule has 0 aliphatic heterocycles. The minimum atomic E-state index is -0.836. The van der Waals surface area contributed by atoms with Crippen LogP contribution >= 0.6 is 0 Å². The summed E-state index contributed by atoms with van der Waals surface area (Å²) in [5, 5.41) is 33.2. The van der Waals surface area contributed by atoms with Gasteiger partial charge in [0.15, 0.2) is 5.78 Å². The summed E-state index contributed by atoms with van der Waals surface area (Å²) in [7, 11) is 0. The fraction of sp³-hybridized carbons (Fsp3) is 0.0714. The lowest BCUT2D eigenvalue weighted by atomic mass is 10.0. The standard InChI is InChI=1S/C14H7N3O7/c1-6-2-8-9(5-11(6)16(21)22)14(18)10-3-7(15(19)20)4-12(13(8)10)17(23)24/h2-5H,1H3.